The highest BCUT2D eigenvalue weighted by Gasteiger charge is 2.41. The van der Waals surface area contributed by atoms with Gasteiger partial charge in [-0.2, -0.15) is 0 Å². The van der Waals surface area contributed by atoms with Crippen molar-refractivity contribution >= 4 is 10.0 Å². The molecule has 5 nitrogen and oxygen atoms in total. The van der Waals surface area contributed by atoms with Crippen molar-refractivity contribution in [1.29, 1.82) is 0 Å². The molecule has 0 radical (unpaired) electrons. The van der Waals surface area contributed by atoms with Gasteiger partial charge in [-0.25, -0.2) is 13.1 Å². The fourth-order valence-electron chi connectivity index (χ4n) is 1.93. The van der Waals surface area contributed by atoms with Crippen molar-refractivity contribution in [3.8, 4) is 5.75 Å². The van der Waals surface area contributed by atoms with Gasteiger partial charge < -0.3 is 10.1 Å². The van der Waals surface area contributed by atoms with Gasteiger partial charge in [0.25, 0.3) is 0 Å². The highest BCUT2D eigenvalue weighted by atomic mass is 32.2. The molecular formula is C15H24N2O3S. The topological polar surface area (TPSA) is 67.4 Å². The molecule has 21 heavy (non-hydrogen) atoms. The van der Waals surface area contributed by atoms with Crippen molar-refractivity contribution in [2.75, 3.05) is 19.7 Å². The third kappa shape index (κ3) is 4.98. The summed E-state index contributed by atoms with van der Waals surface area (Å²) in [5, 5.41) is 3.24. The van der Waals surface area contributed by atoms with Crippen LogP contribution in [-0.4, -0.2) is 33.7 Å². The highest BCUT2D eigenvalue weighted by Crippen LogP contribution is 2.36. The summed E-state index contributed by atoms with van der Waals surface area (Å²) in [4.78, 5) is 0.284. The molecule has 1 aromatic carbocycles. The van der Waals surface area contributed by atoms with Gasteiger partial charge in [0, 0.05) is 12.1 Å². The molecule has 1 fully saturated rings. The number of nitrogens with one attached hydrogen (secondary N) is 2. The predicted octanol–water partition coefficient (Wildman–Crippen LogP) is 1.90. The number of rotatable bonds is 9. The Morgan fingerprint density at radius 1 is 1.19 bits per heavy atom. The van der Waals surface area contributed by atoms with Crippen LogP contribution in [0.2, 0.25) is 0 Å². The Morgan fingerprint density at radius 3 is 2.43 bits per heavy atom. The average Bonchev–Trinajstić information content (AvgIpc) is 3.15. The van der Waals surface area contributed by atoms with Gasteiger partial charge in [-0.1, -0.05) is 6.92 Å². The third-order valence-corrected chi connectivity index (χ3v) is 5.14. The molecular weight excluding hydrogens is 288 g/mol. The number of ether oxygens (including phenoxy) is 1. The van der Waals surface area contributed by atoms with Crippen molar-refractivity contribution in [3.05, 3.63) is 24.3 Å². The molecule has 2 rings (SSSR count). The van der Waals surface area contributed by atoms with Gasteiger partial charge in [0.05, 0.1) is 4.90 Å². The quantitative estimate of drug-likeness (QED) is 0.683. The third-order valence-electron chi connectivity index (χ3n) is 3.49. The summed E-state index contributed by atoms with van der Waals surface area (Å²) in [6.07, 6.45) is 2.90. The lowest BCUT2D eigenvalue weighted by Crippen LogP contribution is -2.34. The maximum absolute atomic E-state index is 12.2. The maximum atomic E-state index is 12.2. The van der Waals surface area contributed by atoms with Crippen LogP contribution < -0.4 is 14.8 Å². The summed E-state index contributed by atoms with van der Waals surface area (Å²) >= 11 is 0. The molecule has 0 atom stereocenters. The van der Waals surface area contributed by atoms with Gasteiger partial charge in [-0.05, 0) is 57.0 Å². The van der Waals surface area contributed by atoms with E-state index in [-0.39, 0.29) is 10.4 Å². The van der Waals surface area contributed by atoms with E-state index in [2.05, 4.69) is 17.0 Å². The molecule has 2 N–H and O–H groups in total. The van der Waals surface area contributed by atoms with Crippen LogP contribution in [0.15, 0.2) is 29.2 Å². The molecule has 0 heterocycles. The Kier molecular flexibility index (Phi) is 5.24. The smallest absolute Gasteiger partial charge is 0.241 e. The molecule has 0 unspecified atom stereocenters. The Labute approximate surface area is 127 Å². The molecule has 0 amide bonds. The van der Waals surface area contributed by atoms with Crippen molar-refractivity contribution in [3.63, 3.8) is 0 Å². The molecule has 1 saturated carbocycles. The largest absolute Gasteiger partial charge is 0.492 e. The van der Waals surface area contributed by atoms with Gasteiger partial charge in [0.2, 0.25) is 10.0 Å². The Morgan fingerprint density at radius 2 is 1.86 bits per heavy atom. The SMILES string of the molecule is CCCNCCOc1ccc(S(=O)(=O)NC2(C)CC2)cc1. The fourth-order valence-corrected chi connectivity index (χ4v) is 3.40. The van der Waals surface area contributed by atoms with E-state index in [1.807, 2.05) is 6.92 Å². The minimum absolute atomic E-state index is 0.251. The van der Waals surface area contributed by atoms with Crippen molar-refractivity contribution in [1.82, 2.24) is 10.0 Å². The highest BCUT2D eigenvalue weighted by molar-refractivity contribution is 7.89. The van der Waals surface area contributed by atoms with Crippen molar-refractivity contribution in [2.45, 2.75) is 43.5 Å². The molecule has 0 spiro atoms. The van der Waals surface area contributed by atoms with E-state index in [4.69, 9.17) is 4.74 Å². The first-order chi connectivity index (χ1) is 9.95. The van der Waals surface area contributed by atoms with E-state index in [1.54, 1.807) is 24.3 Å². The minimum Gasteiger partial charge on any atom is -0.492 e. The summed E-state index contributed by atoms with van der Waals surface area (Å²) in [6, 6.07) is 6.57. The summed E-state index contributed by atoms with van der Waals surface area (Å²) in [7, 11) is -3.42. The minimum atomic E-state index is -3.42. The van der Waals surface area contributed by atoms with Crippen LogP contribution in [0.5, 0.6) is 5.75 Å². The van der Waals surface area contributed by atoms with Gasteiger partial charge in [-0.15, -0.1) is 0 Å². The molecule has 1 aliphatic carbocycles. The number of sulfonamides is 1. The molecule has 0 bridgehead atoms. The maximum Gasteiger partial charge on any atom is 0.241 e. The van der Waals surface area contributed by atoms with E-state index in [0.717, 1.165) is 32.4 Å². The lowest BCUT2D eigenvalue weighted by molar-refractivity contribution is 0.314. The van der Waals surface area contributed by atoms with E-state index < -0.39 is 10.0 Å². The number of benzene rings is 1. The predicted molar refractivity (Wildman–Crippen MR) is 83.1 cm³/mol. The van der Waals surface area contributed by atoms with E-state index in [0.29, 0.717) is 12.4 Å². The summed E-state index contributed by atoms with van der Waals surface area (Å²) < 4.78 is 32.6. The van der Waals surface area contributed by atoms with Crippen LogP contribution in [0, 0.1) is 0 Å². The second kappa shape index (κ2) is 6.77. The first kappa shape index (κ1) is 16.3. The van der Waals surface area contributed by atoms with Crippen LogP contribution in [0.25, 0.3) is 0 Å². The van der Waals surface area contributed by atoms with E-state index >= 15 is 0 Å². The van der Waals surface area contributed by atoms with Crippen LogP contribution >= 0.6 is 0 Å². The molecule has 0 aromatic heterocycles. The van der Waals surface area contributed by atoms with Gasteiger partial charge >= 0.3 is 0 Å². The van der Waals surface area contributed by atoms with Crippen LogP contribution in [-0.2, 0) is 10.0 Å². The van der Waals surface area contributed by atoms with Gasteiger partial charge in [-0.3, -0.25) is 0 Å². The van der Waals surface area contributed by atoms with E-state index in [9.17, 15) is 8.42 Å². The van der Waals surface area contributed by atoms with Crippen LogP contribution in [0.3, 0.4) is 0 Å². The second-order valence-electron chi connectivity index (χ2n) is 5.74. The summed E-state index contributed by atoms with van der Waals surface area (Å²) in [5.41, 5.74) is -0.251. The Hall–Kier alpha value is -1.11. The van der Waals surface area contributed by atoms with Crippen LogP contribution in [0.1, 0.15) is 33.1 Å². The molecule has 1 aromatic rings. The zero-order chi connectivity index (χ0) is 15.3. The van der Waals surface area contributed by atoms with Gasteiger partial charge in [0.15, 0.2) is 0 Å². The zero-order valence-electron chi connectivity index (χ0n) is 12.7. The molecule has 118 valence electrons. The molecule has 0 saturated heterocycles. The standard InChI is InChI=1S/C15H24N2O3S/c1-3-10-16-11-12-20-13-4-6-14(7-5-13)21(18,19)17-15(2)8-9-15/h4-7,16-17H,3,8-12H2,1-2H3. The monoisotopic (exact) mass is 312 g/mol. The fraction of sp³-hybridized carbons (Fsp3) is 0.600. The van der Waals surface area contributed by atoms with Crippen LogP contribution in [0.4, 0.5) is 0 Å². The zero-order valence-corrected chi connectivity index (χ0v) is 13.5. The summed E-state index contributed by atoms with van der Waals surface area (Å²) in [5.74, 6) is 0.685. The Balaban J connectivity index is 1.86. The number of hydrogen-bond acceptors (Lipinski definition) is 4. The van der Waals surface area contributed by atoms with E-state index in [1.165, 1.54) is 0 Å². The lowest BCUT2D eigenvalue weighted by Gasteiger charge is -2.12. The normalized spacial score (nSPS) is 16.7. The Bertz CT molecular complexity index is 551. The van der Waals surface area contributed by atoms with Crippen molar-refractivity contribution < 1.29 is 13.2 Å². The second-order valence-corrected chi connectivity index (χ2v) is 7.42. The lowest BCUT2D eigenvalue weighted by atomic mass is 10.3. The molecule has 1 aliphatic rings. The molecule has 6 heteroatoms. The number of hydrogen-bond donors (Lipinski definition) is 2. The van der Waals surface area contributed by atoms with Crippen molar-refractivity contribution in [2.24, 2.45) is 0 Å². The molecule has 0 aliphatic heterocycles. The first-order valence-corrected chi connectivity index (χ1v) is 8.91. The van der Waals surface area contributed by atoms with Gasteiger partial charge in [0.1, 0.15) is 12.4 Å². The first-order valence-electron chi connectivity index (χ1n) is 7.43. The average molecular weight is 312 g/mol. The summed E-state index contributed by atoms with van der Waals surface area (Å²) in [6.45, 7) is 6.37.